The minimum Gasteiger partial charge on any atom is -0.491 e. The summed E-state index contributed by atoms with van der Waals surface area (Å²) in [6, 6.07) is 15.9. The molecular weight excluding hydrogens is 395 g/mol. The summed E-state index contributed by atoms with van der Waals surface area (Å²) in [6.45, 7) is 6.25. The van der Waals surface area contributed by atoms with Crippen LogP contribution in [-0.2, 0) is 13.1 Å². The summed E-state index contributed by atoms with van der Waals surface area (Å²) in [5.41, 5.74) is 4.64. The van der Waals surface area contributed by atoms with Gasteiger partial charge in [-0.2, -0.15) is 0 Å². The van der Waals surface area contributed by atoms with E-state index in [-0.39, 0.29) is 13.2 Å². The van der Waals surface area contributed by atoms with Crippen molar-refractivity contribution in [1.29, 1.82) is 0 Å². The number of ether oxygens (including phenoxy) is 1. The number of nitrogens with zero attached hydrogens (tertiary/aromatic N) is 2. The molecule has 0 radical (unpaired) electrons. The van der Waals surface area contributed by atoms with Crippen molar-refractivity contribution < 1.29 is 19.3 Å². The molecule has 0 saturated carbocycles. The van der Waals surface area contributed by atoms with Gasteiger partial charge < -0.3 is 19.5 Å². The van der Waals surface area contributed by atoms with E-state index in [2.05, 4.69) is 35.4 Å². The van der Waals surface area contributed by atoms with Crippen molar-refractivity contribution in [2.75, 3.05) is 33.0 Å². The molecule has 3 rings (SSSR count). The molecule has 1 atom stereocenters. The van der Waals surface area contributed by atoms with Gasteiger partial charge in [-0.25, -0.2) is 4.39 Å². The van der Waals surface area contributed by atoms with Gasteiger partial charge in [-0.1, -0.05) is 30.3 Å². The smallest absolute Gasteiger partial charge is 0.123 e. The Bertz CT molecular complexity index is 955. The summed E-state index contributed by atoms with van der Waals surface area (Å²) in [5, 5.41) is 21.4. The van der Waals surface area contributed by atoms with Crippen LogP contribution >= 0.6 is 0 Å². The Morgan fingerprint density at radius 1 is 1.10 bits per heavy atom. The number of hydrogen-bond acceptors (Lipinski definition) is 4. The largest absolute Gasteiger partial charge is 0.491 e. The molecule has 0 unspecified atom stereocenters. The summed E-state index contributed by atoms with van der Waals surface area (Å²) < 4.78 is 19.7. The Kier molecular flexibility index (Phi) is 8.46. The molecular formula is C25H33FN2O3. The lowest BCUT2D eigenvalue weighted by atomic mass is 10.2. The zero-order chi connectivity index (χ0) is 22.2. The standard InChI is InChI=1S/C25H33FN2O3/c1-19-20(2)28(25-7-4-3-6-24(19)25)18-22(30)17-27(13-5-14-29)16-21-8-10-23(11-9-21)31-15-12-26/h3-4,6-11,22,29-30H,5,12-18H2,1-2H3/t22-/m1/s1. The fourth-order valence-electron chi connectivity index (χ4n) is 4.04. The first-order valence-electron chi connectivity index (χ1n) is 10.9. The third-order valence-electron chi connectivity index (χ3n) is 5.72. The lowest BCUT2D eigenvalue weighted by molar-refractivity contribution is 0.0909. The van der Waals surface area contributed by atoms with Crippen LogP contribution in [0.25, 0.3) is 10.9 Å². The van der Waals surface area contributed by atoms with Gasteiger partial charge in [0.05, 0.1) is 12.6 Å². The van der Waals surface area contributed by atoms with Crippen molar-refractivity contribution in [1.82, 2.24) is 9.47 Å². The zero-order valence-corrected chi connectivity index (χ0v) is 18.4. The zero-order valence-electron chi connectivity index (χ0n) is 18.4. The molecule has 0 saturated heterocycles. The molecule has 6 heteroatoms. The highest BCUT2D eigenvalue weighted by Crippen LogP contribution is 2.25. The predicted octanol–water partition coefficient (Wildman–Crippen LogP) is 3.85. The van der Waals surface area contributed by atoms with Gasteiger partial charge in [0.2, 0.25) is 0 Å². The molecule has 5 nitrogen and oxygen atoms in total. The Morgan fingerprint density at radius 2 is 1.84 bits per heavy atom. The van der Waals surface area contributed by atoms with E-state index >= 15 is 0 Å². The van der Waals surface area contributed by atoms with Gasteiger partial charge in [0.1, 0.15) is 19.0 Å². The minimum absolute atomic E-state index is 0.0567. The molecule has 1 heterocycles. The maximum absolute atomic E-state index is 12.3. The van der Waals surface area contributed by atoms with Crippen LogP contribution in [0, 0.1) is 13.8 Å². The second-order valence-electron chi connectivity index (χ2n) is 7.99. The number of para-hydroxylation sites is 1. The van der Waals surface area contributed by atoms with E-state index < -0.39 is 12.8 Å². The van der Waals surface area contributed by atoms with Gasteiger partial charge in [0.25, 0.3) is 0 Å². The van der Waals surface area contributed by atoms with Crippen LogP contribution in [0.1, 0.15) is 23.2 Å². The highest BCUT2D eigenvalue weighted by atomic mass is 19.1. The van der Waals surface area contributed by atoms with Crippen molar-refractivity contribution in [3.63, 3.8) is 0 Å². The van der Waals surface area contributed by atoms with E-state index in [1.165, 1.54) is 16.6 Å². The molecule has 3 aromatic rings. The van der Waals surface area contributed by atoms with Gasteiger partial charge in [0.15, 0.2) is 0 Å². The number of benzene rings is 2. The van der Waals surface area contributed by atoms with Crippen molar-refractivity contribution in [2.45, 2.75) is 39.5 Å². The van der Waals surface area contributed by atoms with Gasteiger partial charge in [-0.05, 0) is 49.6 Å². The molecule has 0 aliphatic rings. The van der Waals surface area contributed by atoms with Crippen molar-refractivity contribution in [3.8, 4) is 5.75 Å². The van der Waals surface area contributed by atoms with E-state index in [1.54, 1.807) is 0 Å². The second kappa shape index (κ2) is 11.3. The lowest BCUT2D eigenvalue weighted by Crippen LogP contribution is -2.35. The monoisotopic (exact) mass is 428 g/mol. The van der Waals surface area contributed by atoms with E-state index in [0.717, 1.165) is 11.1 Å². The Morgan fingerprint density at radius 3 is 2.55 bits per heavy atom. The lowest BCUT2D eigenvalue weighted by Gasteiger charge is -2.26. The van der Waals surface area contributed by atoms with Crippen LogP contribution in [0.5, 0.6) is 5.75 Å². The van der Waals surface area contributed by atoms with E-state index in [0.29, 0.717) is 38.3 Å². The predicted molar refractivity (Wildman–Crippen MR) is 122 cm³/mol. The van der Waals surface area contributed by atoms with Gasteiger partial charge >= 0.3 is 0 Å². The molecule has 2 aromatic carbocycles. The molecule has 31 heavy (non-hydrogen) atoms. The SMILES string of the molecule is Cc1c(C)n(C[C@H](O)CN(CCCO)Cc2ccc(OCCF)cc2)c2ccccc12. The maximum Gasteiger partial charge on any atom is 0.123 e. The van der Waals surface area contributed by atoms with E-state index in [9.17, 15) is 14.6 Å². The van der Waals surface area contributed by atoms with Crippen LogP contribution < -0.4 is 4.74 Å². The third-order valence-corrected chi connectivity index (χ3v) is 5.72. The molecule has 0 aliphatic heterocycles. The number of aliphatic hydroxyl groups is 2. The number of fused-ring (bicyclic) bond motifs is 1. The van der Waals surface area contributed by atoms with Crippen LogP contribution in [0.15, 0.2) is 48.5 Å². The molecule has 1 aromatic heterocycles. The number of aryl methyl sites for hydroxylation is 1. The first kappa shape index (κ1) is 23.3. The number of aromatic nitrogens is 1. The Labute approximate surface area is 183 Å². The Hall–Kier alpha value is -2.41. The number of rotatable bonds is 12. The summed E-state index contributed by atoms with van der Waals surface area (Å²) in [5.74, 6) is 0.647. The Balaban J connectivity index is 1.67. The fourth-order valence-corrected chi connectivity index (χ4v) is 4.04. The molecule has 2 N–H and O–H groups in total. The van der Waals surface area contributed by atoms with Crippen LogP contribution in [0.4, 0.5) is 4.39 Å². The number of halogens is 1. The number of aliphatic hydroxyl groups excluding tert-OH is 2. The van der Waals surface area contributed by atoms with Crippen LogP contribution in [0.2, 0.25) is 0 Å². The molecule has 0 bridgehead atoms. The first-order valence-corrected chi connectivity index (χ1v) is 10.9. The molecule has 0 fully saturated rings. The molecule has 0 spiro atoms. The van der Waals surface area contributed by atoms with Gasteiger partial charge in [-0.3, -0.25) is 4.90 Å². The van der Waals surface area contributed by atoms with Gasteiger partial charge in [-0.15, -0.1) is 0 Å². The van der Waals surface area contributed by atoms with E-state index in [1.807, 2.05) is 36.4 Å². The van der Waals surface area contributed by atoms with Crippen LogP contribution in [0.3, 0.4) is 0 Å². The summed E-state index contributed by atoms with van der Waals surface area (Å²) in [6.07, 6.45) is 0.106. The average molecular weight is 429 g/mol. The molecule has 0 amide bonds. The summed E-state index contributed by atoms with van der Waals surface area (Å²) in [7, 11) is 0. The van der Waals surface area contributed by atoms with Crippen molar-refractivity contribution >= 4 is 10.9 Å². The number of hydrogen-bond donors (Lipinski definition) is 2. The van der Waals surface area contributed by atoms with Crippen LogP contribution in [-0.4, -0.2) is 58.8 Å². The molecule has 0 aliphatic carbocycles. The average Bonchev–Trinajstić information content (AvgIpc) is 3.02. The first-order chi connectivity index (χ1) is 15.0. The van der Waals surface area contributed by atoms with Crippen molar-refractivity contribution in [2.24, 2.45) is 0 Å². The third kappa shape index (κ3) is 6.06. The summed E-state index contributed by atoms with van der Waals surface area (Å²) in [4.78, 5) is 2.16. The van der Waals surface area contributed by atoms with Crippen molar-refractivity contribution in [3.05, 3.63) is 65.4 Å². The van der Waals surface area contributed by atoms with Gasteiger partial charge in [0, 0.05) is 42.8 Å². The quantitative estimate of drug-likeness (QED) is 0.460. The molecule has 168 valence electrons. The number of alkyl halides is 1. The normalized spacial score (nSPS) is 12.6. The minimum atomic E-state index is -0.542. The highest BCUT2D eigenvalue weighted by Gasteiger charge is 2.17. The van der Waals surface area contributed by atoms with E-state index in [4.69, 9.17) is 4.74 Å². The fraction of sp³-hybridized carbons (Fsp3) is 0.440. The highest BCUT2D eigenvalue weighted by molar-refractivity contribution is 5.85. The summed E-state index contributed by atoms with van der Waals surface area (Å²) >= 11 is 0. The topological polar surface area (TPSA) is 57.9 Å². The maximum atomic E-state index is 12.3. The second-order valence-corrected chi connectivity index (χ2v) is 7.99.